The second-order valence-electron chi connectivity index (χ2n) is 7.65. The summed E-state index contributed by atoms with van der Waals surface area (Å²) in [6.07, 6.45) is 4.36. The third-order valence-electron chi connectivity index (χ3n) is 5.80. The number of carbonyl (C=O) groups excluding carboxylic acids is 1. The maximum atomic E-state index is 13.4. The first-order valence-corrected chi connectivity index (χ1v) is 10.8. The van der Waals surface area contributed by atoms with Crippen molar-refractivity contribution in [3.8, 4) is 33.8 Å². The van der Waals surface area contributed by atoms with E-state index in [9.17, 15) is 14.7 Å². The van der Waals surface area contributed by atoms with Crippen molar-refractivity contribution in [2.45, 2.75) is 18.9 Å². The van der Waals surface area contributed by atoms with Gasteiger partial charge in [-0.3, -0.25) is 9.78 Å². The number of amides is 1. The van der Waals surface area contributed by atoms with E-state index in [0.717, 1.165) is 0 Å². The Kier molecular flexibility index (Phi) is 6.51. The van der Waals surface area contributed by atoms with Crippen LogP contribution in [-0.4, -0.2) is 53.7 Å². The minimum atomic E-state index is -1.00. The largest absolute Gasteiger partial charge is 0.496 e. The van der Waals surface area contributed by atoms with Gasteiger partial charge in [-0.2, -0.15) is 0 Å². The Bertz CT molecular complexity index is 1210. The Morgan fingerprint density at radius 3 is 2.52 bits per heavy atom. The van der Waals surface area contributed by atoms with Gasteiger partial charge in [0.1, 0.15) is 17.5 Å². The molecule has 3 aromatic rings. The molecule has 0 spiro atoms. The molecule has 1 saturated heterocycles. The van der Waals surface area contributed by atoms with Gasteiger partial charge in [-0.05, 0) is 42.7 Å². The summed E-state index contributed by atoms with van der Waals surface area (Å²) in [7, 11) is 3.08. The SMILES string of the molecule is COc1ccncc1-c1c(OC)cc(C(=O)N2CCCC2C(=O)O)cc1-c1ccccc1Cl. The fraction of sp³-hybridized carbons (Fsp3) is 0.240. The maximum Gasteiger partial charge on any atom is 0.326 e. The third kappa shape index (κ3) is 4.24. The lowest BCUT2D eigenvalue weighted by molar-refractivity contribution is -0.141. The number of hydrogen-bond donors (Lipinski definition) is 1. The van der Waals surface area contributed by atoms with Gasteiger partial charge in [-0.25, -0.2) is 4.79 Å². The van der Waals surface area contributed by atoms with Crippen LogP contribution in [0.5, 0.6) is 11.5 Å². The topological polar surface area (TPSA) is 89.0 Å². The fourth-order valence-corrected chi connectivity index (χ4v) is 4.49. The van der Waals surface area contributed by atoms with Crippen molar-refractivity contribution in [2.24, 2.45) is 0 Å². The van der Waals surface area contributed by atoms with Gasteiger partial charge in [0, 0.05) is 46.2 Å². The number of carboxylic acid groups (broad SMARTS) is 1. The van der Waals surface area contributed by atoms with Crippen LogP contribution in [0.2, 0.25) is 5.02 Å². The van der Waals surface area contributed by atoms with E-state index in [0.29, 0.717) is 63.7 Å². The van der Waals surface area contributed by atoms with E-state index in [1.165, 1.54) is 12.0 Å². The summed E-state index contributed by atoms with van der Waals surface area (Å²) in [5.74, 6) is -0.360. The molecule has 1 N–H and O–H groups in total. The van der Waals surface area contributed by atoms with Gasteiger partial charge in [0.2, 0.25) is 0 Å². The molecular formula is C25H23ClN2O5. The van der Waals surface area contributed by atoms with Gasteiger partial charge >= 0.3 is 5.97 Å². The number of nitrogens with zero attached hydrogens (tertiary/aromatic N) is 2. The number of benzene rings is 2. The summed E-state index contributed by atoms with van der Waals surface area (Å²) < 4.78 is 11.3. The summed E-state index contributed by atoms with van der Waals surface area (Å²) in [6, 6.07) is 11.6. The number of aromatic nitrogens is 1. The van der Waals surface area contributed by atoms with E-state index in [4.69, 9.17) is 21.1 Å². The van der Waals surface area contributed by atoms with Crippen LogP contribution < -0.4 is 9.47 Å². The number of carboxylic acids is 1. The van der Waals surface area contributed by atoms with E-state index in [1.54, 1.807) is 43.8 Å². The van der Waals surface area contributed by atoms with Crippen molar-refractivity contribution in [3.05, 3.63) is 65.4 Å². The fourth-order valence-electron chi connectivity index (χ4n) is 4.25. The molecule has 1 unspecified atom stereocenters. The van der Waals surface area contributed by atoms with Gasteiger partial charge in [-0.15, -0.1) is 0 Å². The summed E-state index contributed by atoms with van der Waals surface area (Å²) in [5, 5.41) is 10.0. The molecule has 170 valence electrons. The number of ether oxygens (including phenoxy) is 2. The molecular weight excluding hydrogens is 444 g/mol. The molecule has 1 aromatic heterocycles. The Balaban J connectivity index is 1.96. The quantitative estimate of drug-likeness (QED) is 0.562. The van der Waals surface area contributed by atoms with Crippen LogP contribution in [0.15, 0.2) is 54.9 Å². The standard InChI is InChI=1S/C25H23ClN2O5/c1-32-21-9-10-27-14-18(21)23-17(16-6-3-4-7-19(16)26)12-15(13-22(23)33-2)24(29)28-11-5-8-20(28)25(30)31/h3-4,6-7,9-10,12-14,20H,5,8,11H2,1-2H3,(H,30,31). The highest BCUT2D eigenvalue weighted by atomic mass is 35.5. The molecule has 8 heteroatoms. The van der Waals surface area contributed by atoms with Crippen LogP contribution in [-0.2, 0) is 4.79 Å². The number of hydrogen-bond acceptors (Lipinski definition) is 5. The zero-order valence-electron chi connectivity index (χ0n) is 18.2. The molecule has 33 heavy (non-hydrogen) atoms. The minimum absolute atomic E-state index is 0.321. The van der Waals surface area contributed by atoms with Gasteiger partial charge in [0.05, 0.1) is 14.2 Å². The number of rotatable bonds is 6. The predicted octanol–water partition coefficient (Wildman–Crippen LogP) is 4.78. The Morgan fingerprint density at radius 1 is 1.06 bits per heavy atom. The van der Waals surface area contributed by atoms with Gasteiger partial charge in [0.25, 0.3) is 5.91 Å². The molecule has 0 radical (unpaired) electrons. The predicted molar refractivity (Wildman–Crippen MR) is 125 cm³/mol. The highest BCUT2D eigenvalue weighted by Crippen LogP contribution is 2.45. The summed E-state index contributed by atoms with van der Waals surface area (Å²) in [4.78, 5) is 30.7. The molecule has 2 aromatic carbocycles. The van der Waals surface area contributed by atoms with Crippen molar-refractivity contribution < 1.29 is 24.2 Å². The van der Waals surface area contributed by atoms with E-state index in [1.807, 2.05) is 18.2 Å². The molecule has 7 nitrogen and oxygen atoms in total. The number of likely N-dealkylation sites (tertiary alicyclic amines) is 1. The van der Waals surface area contributed by atoms with Crippen molar-refractivity contribution in [3.63, 3.8) is 0 Å². The van der Waals surface area contributed by atoms with Crippen LogP contribution in [0.3, 0.4) is 0 Å². The highest BCUT2D eigenvalue weighted by Gasteiger charge is 2.35. The first-order valence-electron chi connectivity index (χ1n) is 10.4. The van der Waals surface area contributed by atoms with E-state index < -0.39 is 12.0 Å². The average Bonchev–Trinajstić information content (AvgIpc) is 3.33. The lowest BCUT2D eigenvalue weighted by atomic mass is 9.91. The maximum absolute atomic E-state index is 13.4. The van der Waals surface area contributed by atoms with Crippen LogP contribution >= 0.6 is 11.6 Å². The summed E-state index contributed by atoms with van der Waals surface area (Å²) in [5.41, 5.74) is 3.02. The van der Waals surface area contributed by atoms with Gasteiger partial charge in [0.15, 0.2) is 0 Å². The molecule has 1 aliphatic heterocycles. The molecule has 1 fully saturated rings. The average molecular weight is 467 g/mol. The molecule has 1 amide bonds. The van der Waals surface area contributed by atoms with E-state index in [2.05, 4.69) is 4.98 Å². The number of methoxy groups -OCH3 is 2. The van der Waals surface area contributed by atoms with Gasteiger partial charge < -0.3 is 19.5 Å². The number of aliphatic carboxylic acids is 1. The van der Waals surface area contributed by atoms with E-state index >= 15 is 0 Å². The van der Waals surface area contributed by atoms with Crippen LogP contribution in [0.4, 0.5) is 0 Å². The Hall–Kier alpha value is -3.58. The molecule has 1 atom stereocenters. The molecule has 4 rings (SSSR count). The van der Waals surface area contributed by atoms with Gasteiger partial charge in [-0.1, -0.05) is 29.8 Å². The minimum Gasteiger partial charge on any atom is -0.496 e. The van der Waals surface area contributed by atoms with Crippen LogP contribution in [0.1, 0.15) is 23.2 Å². The second kappa shape index (κ2) is 9.50. The molecule has 0 bridgehead atoms. The number of pyridine rings is 1. The Labute approximate surface area is 196 Å². The van der Waals surface area contributed by atoms with Crippen molar-refractivity contribution >= 4 is 23.5 Å². The lowest BCUT2D eigenvalue weighted by Gasteiger charge is -2.23. The summed E-state index contributed by atoms with van der Waals surface area (Å²) >= 11 is 6.55. The molecule has 0 saturated carbocycles. The first kappa shape index (κ1) is 22.6. The zero-order chi connectivity index (χ0) is 23.5. The van der Waals surface area contributed by atoms with Crippen LogP contribution in [0.25, 0.3) is 22.3 Å². The number of carbonyl (C=O) groups is 2. The monoisotopic (exact) mass is 466 g/mol. The Morgan fingerprint density at radius 2 is 1.82 bits per heavy atom. The second-order valence-corrected chi connectivity index (χ2v) is 8.06. The third-order valence-corrected chi connectivity index (χ3v) is 6.13. The lowest BCUT2D eigenvalue weighted by Crippen LogP contribution is -2.40. The van der Waals surface area contributed by atoms with Crippen molar-refractivity contribution in [2.75, 3.05) is 20.8 Å². The van der Waals surface area contributed by atoms with Crippen LogP contribution in [0, 0.1) is 0 Å². The van der Waals surface area contributed by atoms with Crippen molar-refractivity contribution in [1.82, 2.24) is 9.88 Å². The van der Waals surface area contributed by atoms with Crippen molar-refractivity contribution in [1.29, 1.82) is 0 Å². The molecule has 0 aliphatic carbocycles. The molecule has 1 aliphatic rings. The summed E-state index contributed by atoms with van der Waals surface area (Å²) in [6.45, 7) is 0.387. The zero-order valence-corrected chi connectivity index (χ0v) is 19.0. The smallest absolute Gasteiger partial charge is 0.326 e. The first-order chi connectivity index (χ1) is 16.0. The number of halogens is 1. The normalized spacial score (nSPS) is 15.4. The van der Waals surface area contributed by atoms with E-state index in [-0.39, 0.29) is 5.91 Å². The highest BCUT2D eigenvalue weighted by molar-refractivity contribution is 6.33. The molecule has 2 heterocycles.